The van der Waals surface area contributed by atoms with Gasteiger partial charge in [0, 0.05) is 0 Å². The molecule has 0 aromatic carbocycles. The summed E-state index contributed by atoms with van der Waals surface area (Å²) in [5.74, 6) is 0. The van der Waals surface area contributed by atoms with Gasteiger partial charge in [-0.05, 0) is 0 Å². The molecule has 0 saturated heterocycles. The summed E-state index contributed by atoms with van der Waals surface area (Å²) in [5, 5.41) is 0. The lowest BCUT2D eigenvalue weighted by molar-refractivity contribution is -0.325. The van der Waals surface area contributed by atoms with Gasteiger partial charge in [-0.25, -0.2) is 0 Å². The lowest BCUT2D eigenvalue weighted by Gasteiger charge is -1.17. The van der Waals surface area contributed by atoms with Gasteiger partial charge in [0.05, 0.1) is 14.1 Å². The van der Waals surface area contributed by atoms with Crippen LogP contribution in [0.3, 0.4) is 0 Å². The molecule has 0 saturated carbocycles. The first-order valence-corrected chi connectivity index (χ1v) is 1.41. The van der Waals surface area contributed by atoms with Crippen LogP contribution in [-0.4, -0.2) is 25.0 Å². The Hall–Kier alpha value is -0.160. The topological polar surface area (TPSA) is 115 Å². The molecule has 4 nitrogen and oxygen atoms in total. The predicted octanol–water partition coefficient (Wildman–Crippen LogP) is -2.64. The van der Waals surface area contributed by atoms with Crippen LogP contribution < -0.4 is 11.5 Å². The predicted molar refractivity (Wildman–Crippen MR) is 21.5 cm³/mol. The van der Waals surface area contributed by atoms with E-state index in [4.69, 9.17) is 0 Å². The summed E-state index contributed by atoms with van der Waals surface area (Å²) in [5.41, 5.74) is 6.50. The highest BCUT2D eigenvalue weighted by atomic mass is 16.0. The van der Waals surface area contributed by atoms with Crippen LogP contribution in [0.25, 0.3) is 0 Å². The maximum atomic E-state index is 3.25. The smallest absolute Gasteiger partial charge is 0.0634 e. The van der Waals surface area contributed by atoms with Crippen molar-refractivity contribution in [3.8, 4) is 0 Å². The van der Waals surface area contributed by atoms with Gasteiger partial charge in [-0.15, -0.1) is 0 Å². The highest BCUT2D eigenvalue weighted by molar-refractivity contribution is 3.08. The van der Waals surface area contributed by atoms with Crippen molar-refractivity contribution in [2.75, 3.05) is 14.1 Å². The van der Waals surface area contributed by atoms with Crippen LogP contribution in [0.1, 0.15) is 0 Å². The van der Waals surface area contributed by atoms with E-state index in [1.54, 1.807) is 14.1 Å². The van der Waals surface area contributed by atoms with Crippen molar-refractivity contribution in [3.05, 3.63) is 0 Å². The fourth-order valence-electron chi connectivity index (χ4n) is 0. The molecule has 0 aliphatic rings. The summed E-state index contributed by atoms with van der Waals surface area (Å²) >= 11 is 0. The molecule has 0 heterocycles. The third-order valence-electron chi connectivity index (χ3n) is 0. The zero-order valence-electron chi connectivity index (χ0n) is 4.31. The number of hydrogen-bond acceptors (Lipinski definition) is 2. The van der Waals surface area contributed by atoms with Gasteiger partial charge < -0.3 is 22.4 Å². The van der Waals surface area contributed by atoms with E-state index in [-0.39, 0.29) is 11.0 Å². The van der Waals surface area contributed by atoms with Gasteiger partial charge in [-0.1, -0.05) is 0 Å². The molecule has 8 N–H and O–H groups in total. The molecule has 0 aromatic rings. The molecule has 0 radical (unpaired) electrons. The van der Waals surface area contributed by atoms with Crippen molar-refractivity contribution in [1.29, 1.82) is 0 Å². The van der Waals surface area contributed by atoms with Crippen LogP contribution in [0.5, 0.6) is 0 Å². The quantitative estimate of drug-likeness (QED) is 0.344. The molecule has 0 aliphatic carbocycles. The molecule has 44 valence electrons. The summed E-state index contributed by atoms with van der Waals surface area (Å²) in [6.45, 7) is 0. The van der Waals surface area contributed by atoms with E-state index >= 15 is 0 Å². The van der Waals surface area contributed by atoms with Crippen molar-refractivity contribution < 1.29 is 22.4 Å². The maximum absolute atomic E-state index is 3.25. The van der Waals surface area contributed by atoms with Crippen LogP contribution in [0.2, 0.25) is 0 Å². The Morgan fingerprint density at radius 1 is 0.667 bits per heavy atom. The normalized spacial score (nSPS) is 2.00. The minimum atomic E-state index is 0. The van der Waals surface area contributed by atoms with Crippen LogP contribution in [0.15, 0.2) is 0 Å². The van der Waals surface area contributed by atoms with Crippen molar-refractivity contribution in [1.82, 2.24) is 0 Å². The average Bonchev–Trinajstić information content (AvgIpc) is 1.50. The molecule has 0 bridgehead atoms. The Kier molecular flexibility index (Phi) is 18800. The van der Waals surface area contributed by atoms with Gasteiger partial charge >= 0.3 is 0 Å². The molecule has 0 atom stereocenters. The molecule has 0 rings (SSSR count). The molecule has 6 heavy (non-hydrogen) atoms. The summed E-state index contributed by atoms with van der Waals surface area (Å²) in [7, 11) is 3.50. The number of rotatable bonds is 0. The van der Waals surface area contributed by atoms with Crippen LogP contribution in [0.4, 0.5) is 0 Å². The molecule has 0 amide bonds. The second kappa shape index (κ2) is 2790. The Balaban J connectivity index is -0.00000000500. The van der Waals surface area contributed by atoms with E-state index in [2.05, 4.69) is 11.5 Å². The first kappa shape index (κ1) is 40.4. The SMILES string of the molecule is C[NH3+].C[NH3+].[OH-].[OH-]. The third-order valence-corrected chi connectivity index (χ3v) is 0. The highest BCUT2D eigenvalue weighted by Gasteiger charge is 0.876. The van der Waals surface area contributed by atoms with E-state index in [1.807, 2.05) is 0 Å². The van der Waals surface area contributed by atoms with Gasteiger partial charge in [0.2, 0.25) is 0 Å². The molecule has 0 spiro atoms. The molecule has 0 aromatic heterocycles. The van der Waals surface area contributed by atoms with E-state index in [9.17, 15) is 0 Å². The van der Waals surface area contributed by atoms with Gasteiger partial charge in [0.15, 0.2) is 0 Å². The second-order valence-corrected chi connectivity index (χ2v) is 0. The summed E-state index contributed by atoms with van der Waals surface area (Å²) < 4.78 is 0. The van der Waals surface area contributed by atoms with Gasteiger partial charge in [-0.3, -0.25) is 0 Å². The Labute approximate surface area is 37.8 Å². The monoisotopic (exact) mass is 98.1 g/mol. The first-order valence-electron chi connectivity index (χ1n) is 1.41. The molecule has 0 fully saturated rings. The Bertz CT molecular complexity index is 9.51. The minimum absolute atomic E-state index is 0. The van der Waals surface area contributed by atoms with E-state index in [0.29, 0.717) is 0 Å². The summed E-state index contributed by atoms with van der Waals surface area (Å²) in [6.07, 6.45) is 0. The van der Waals surface area contributed by atoms with Crippen molar-refractivity contribution >= 4 is 0 Å². The van der Waals surface area contributed by atoms with E-state index in [0.717, 1.165) is 0 Å². The van der Waals surface area contributed by atoms with E-state index in [1.165, 1.54) is 0 Å². The second-order valence-electron chi connectivity index (χ2n) is 0. The zero-order valence-corrected chi connectivity index (χ0v) is 4.31. The average molecular weight is 98.1 g/mol. The number of hydrogen-bond donors (Lipinski definition) is 2. The lowest BCUT2D eigenvalue weighted by atomic mass is 11.6. The maximum Gasteiger partial charge on any atom is 0.0634 e. The molecule has 0 aliphatic heterocycles. The van der Waals surface area contributed by atoms with Gasteiger partial charge in [-0.2, -0.15) is 0 Å². The highest BCUT2D eigenvalue weighted by Crippen LogP contribution is 0.253. The fraction of sp³-hybridized carbons (Fsp3) is 1.00. The summed E-state index contributed by atoms with van der Waals surface area (Å²) in [6, 6.07) is 0. The molecule has 0 unspecified atom stereocenters. The van der Waals surface area contributed by atoms with Crippen LogP contribution >= 0.6 is 0 Å². The molecular weight excluding hydrogens is 84.0 g/mol. The van der Waals surface area contributed by atoms with Crippen molar-refractivity contribution in [2.24, 2.45) is 0 Å². The first-order chi connectivity index (χ1) is 2.00. The third kappa shape index (κ3) is 1210. The van der Waals surface area contributed by atoms with Crippen molar-refractivity contribution in [3.63, 3.8) is 0 Å². The Morgan fingerprint density at radius 3 is 0.667 bits per heavy atom. The minimum Gasteiger partial charge on any atom is -0.870 e. The van der Waals surface area contributed by atoms with E-state index < -0.39 is 0 Å². The van der Waals surface area contributed by atoms with Crippen LogP contribution in [0, 0.1) is 0 Å². The lowest BCUT2D eigenvalue weighted by Crippen LogP contribution is -2.40. The summed E-state index contributed by atoms with van der Waals surface area (Å²) in [4.78, 5) is 0. The van der Waals surface area contributed by atoms with Crippen LogP contribution in [-0.2, 0) is 0 Å². The largest absolute Gasteiger partial charge is 0.870 e. The fourth-order valence-corrected chi connectivity index (χ4v) is 0. The molecular formula is C2H14N2O2. The molecule has 4 heteroatoms. The van der Waals surface area contributed by atoms with Crippen molar-refractivity contribution in [2.45, 2.75) is 0 Å². The standard InChI is InChI=1S/2CH5N.2H2O/c2*1-2;;/h2*2H2,1H3;2*1H2. The van der Waals surface area contributed by atoms with Gasteiger partial charge in [0.25, 0.3) is 0 Å². The number of quaternary nitrogens is 2. The zero-order chi connectivity index (χ0) is 4.00. The van der Waals surface area contributed by atoms with Gasteiger partial charge in [0.1, 0.15) is 0 Å². The Morgan fingerprint density at radius 2 is 0.667 bits per heavy atom.